The summed E-state index contributed by atoms with van der Waals surface area (Å²) >= 11 is 0. The summed E-state index contributed by atoms with van der Waals surface area (Å²) in [6.45, 7) is 0.764. The average molecular weight is 283 g/mol. The lowest BCUT2D eigenvalue weighted by atomic mass is 10.1. The van der Waals surface area contributed by atoms with Crippen LogP contribution < -0.4 is 14.8 Å². The first-order valence-electron chi connectivity index (χ1n) is 6.98. The molecule has 1 amide bonds. The predicted molar refractivity (Wildman–Crippen MR) is 81.2 cm³/mol. The number of benzene rings is 2. The summed E-state index contributed by atoms with van der Waals surface area (Å²) < 4.78 is 10.8. The SMILES string of the molecule is COc1ccccc1C(=O)Nc1ccc2c(c1)CCCO2. The predicted octanol–water partition coefficient (Wildman–Crippen LogP) is 3.27. The van der Waals surface area contributed by atoms with Crippen molar-refractivity contribution in [1.82, 2.24) is 0 Å². The van der Waals surface area contributed by atoms with E-state index in [-0.39, 0.29) is 5.91 Å². The van der Waals surface area contributed by atoms with Crippen LogP contribution in [0.25, 0.3) is 0 Å². The highest BCUT2D eigenvalue weighted by Crippen LogP contribution is 2.28. The van der Waals surface area contributed by atoms with Crippen molar-refractivity contribution in [3.8, 4) is 11.5 Å². The second-order valence-corrected chi connectivity index (χ2v) is 4.93. The smallest absolute Gasteiger partial charge is 0.259 e. The number of amides is 1. The summed E-state index contributed by atoms with van der Waals surface area (Å²) in [5.74, 6) is 1.30. The van der Waals surface area contributed by atoms with E-state index in [0.29, 0.717) is 11.3 Å². The first-order chi connectivity index (χ1) is 10.3. The fourth-order valence-corrected chi connectivity index (χ4v) is 2.47. The van der Waals surface area contributed by atoms with Crippen LogP contribution >= 0.6 is 0 Å². The van der Waals surface area contributed by atoms with Gasteiger partial charge in [0.05, 0.1) is 19.3 Å². The third kappa shape index (κ3) is 2.84. The average Bonchev–Trinajstić information content (AvgIpc) is 2.54. The third-order valence-electron chi connectivity index (χ3n) is 3.52. The summed E-state index contributed by atoms with van der Waals surface area (Å²) in [6, 6.07) is 12.9. The Balaban J connectivity index is 1.81. The summed E-state index contributed by atoms with van der Waals surface area (Å²) in [5, 5.41) is 2.91. The van der Waals surface area contributed by atoms with Crippen LogP contribution in [-0.2, 0) is 6.42 Å². The van der Waals surface area contributed by atoms with Crippen molar-refractivity contribution in [2.45, 2.75) is 12.8 Å². The van der Waals surface area contributed by atoms with Crippen LogP contribution in [0.5, 0.6) is 11.5 Å². The van der Waals surface area contributed by atoms with Crippen molar-refractivity contribution in [3.63, 3.8) is 0 Å². The zero-order valence-corrected chi connectivity index (χ0v) is 11.9. The second-order valence-electron chi connectivity index (χ2n) is 4.93. The molecule has 0 bridgehead atoms. The molecule has 4 heteroatoms. The molecule has 0 spiro atoms. The van der Waals surface area contributed by atoms with Gasteiger partial charge in [0.2, 0.25) is 0 Å². The monoisotopic (exact) mass is 283 g/mol. The van der Waals surface area contributed by atoms with Gasteiger partial charge >= 0.3 is 0 Å². The van der Waals surface area contributed by atoms with Gasteiger partial charge in [0.1, 0.15) is 11.5 Å². The summed E-state index contributed by atoms with van der Waals surface area (Å²) in [6.07, 6.45) is 1.99. The van der Waals surface area contributed by atoms with E-state index < -0.39 is 0 Å². The van der Waals surface area contributed by atoms with Crippen LogP contribution in [0.2, 0.25) is 0 Å². The van der Waals surface area contributed by atoms with E-state index in [1.165, 1.54) is 0 Å². The van der Waals surface area contributed by atoms with Gasteiger partial charge in [0.25, 0.3) is 5.91 Å². The van der Waals surface area contributed by atoms with E-state index in [4.69, 9.17) is 9.47 Å². The Morgan fingerprint density at radius 3 is 2.95 bits per heavy atom. The lowest BCUT2D eigenvalue weighted by Gasteiger charge is -2.18. The van der Waals surface area contributed by atoms with Gasteiger partial charge in [0.15, 0.2) is 0 Å². The van der Waals surface area contributed by atoms with Gasteiger partial charge in [-0.1, -0.05) is 12.1 Å². The third-order valence-corrected chi connectivity index (χ3v) is 3.52. The molecule has 3 rings (SSSR count). The molecule has 1 aliphatic heterocycles. The molecule has 108 valence electrons. The molecule has 0 saturated heterocycles. The summed E-state index contributed by atoms with van der Waals surface area (Å²) in [7, 11) is 1.56. The van der Waals surface area contributed by atoms with Gasteiger partial charge < -0.3 is 14.8 Å². The van der Waals surface area contributed by atoms with Gasteiger partial charge in [0, 0.05) is 5.69 Å². The molecule has 4 nitrogen and oxygen atoms in total. The van der Waals surface area contributed by atoms with Crippen LogP contribution in [0, 0.1) is 0 Å². The Hall–Kier alpha value is -2.49. The summed E-state index contributed by atoms with van der Waals surface area (Å²) in [5.41, 5.74) is 2.43. The maximum atomic E-state index is 12.3. The van der Waals surface area contributed by atoms with Gasteiger partial charge in [-0.2, -0.15) is 0 Å². The minimum Gasteiger partial charge on any atom is -0.496 e. The van der Waals surface area contributed by atoms with Gasteiger partial charge in [-0.3, -0.25) is 4.79 Å². The molecule has 0 unspecified atom stereocenters. The standard InChI is InChI=1S/C17H17NO3/c1-20-16-7-3-2-6-14(16)17(19)18-13-8-9-15-12(11-13)5-4-10-21-15/h2-3,6-9,11H,4-5,10H2,1H3,(H,18,19). The highest BCUT2D eigenvalue weighted by molar-refractivity contribution is 6.06. The van der Waals surface area contributed by atoms with Crippen molar-refractivity contribution in [2.24, 2.45) is 0 Å². The molecular formula is C17H17NO3. The minimum atomic E-state index is -0.177. The molecule has 2 aromatic carbocycles. The topological polar surface area (TPSA) is 47.6 Å². The molecule has 0 radical (unpaired) electrons. The van der Waals surface area contributed by atoms with Crippen molar-refractivity contribution in [2.75, 3.05) is 19.0 Å². The van der Waals surface area contributed by atoms with Gasteiger partial charge in [-0.05, 0) is 48.7 Å². The first-order valence-corrected chi connectivity index (χ1v) is 6.98. The van der Waals surface area contributed by atoms with Crippen LogP contribution in [0.4, 0.5) is 5.69 Å². The van der Waals surface area contributed by atoms with E-state index in [1.54, 1.807) is 19.2 Å². The van der Waals surface area contributed by atoms with Gasteiger partial charge in [-0.15, -0.1) is 0 Å². The van der Waals surface area contributed by atoms with Crippen molar-refractivity contribution in [3.05, 3.63) is 53.6 Å². The van der Waals surface area contributed by atoms with E-state index in [2.05, 4.69) is 5.32 Å². The number of para-hydroxylation sites is 1. The molecule has 0 aromatic heterocycles. The highest BCUT2D eigenvalue weighted by atomic mass is 16.5. The molecule has 2 aromatic rings. The molecule has 0 aliphatic carbocycles. The molecule has 0 atom stereocenters. The van der Waals surface area contributed by atoms with Crippen LogP contribution in [-0.4, -0.2) is 19.6 Å². The number of aryl methyl sites for hydroxylation is 1. The van der Waals surface area contributed by atoms with Crippen LogP contribution in [0.15, 0.2) is 42.5 Å². The largest absolute Gasteiger partial charge is 0.496 e. The van der Waals surface area contributed by atoms with Crippen molar-refractivity contribution in [1.29, 1.82) is 0 Å². The number of anilines is 1. The minimum absolute atomic E-state index is 0.177. The van der Waals surface area contributed by atoms with E-state index >= 15 is 0 Å². The number of carbonyl (C=O) groups is 1. The number of rotatable bonds is 3. The molecule has 1 aliphatic rings. The van der Waals surface area contributed by atoms with E-state index in [0.717, 1.165) is 36.4 Å². The number of ether oxygens (including phenoxy) is 2. The number of methoxy groups -OCH3 is 1. The normalized spacial score (nSPS) is 13.0. The van der Waals surface area contributed by atoms with Crippen molar-refractivity contribution < 1.29 is 14.3 Å². The Morgan fingerprint density at radius 2 is 2.10 bits per heavy atom. The Bertz CT molecular complexity index is 667. The van der Waals surface area contributed by atoms with E-state index in [9.17, 15) is 4.79 Å². The zero-order valence-electron chi connectivity index (χ0n) is 11.9. The van der Waals surface area contributed by atoms with Gasteiger partial charge in [-0.25, -0.2) is 0 Å². The Labute approximate surface area is 123 Å². The van der Waals surface area contributed by atoms with Crippen LogP contribution in [0.1, 0.15) is 22.3 Å². The highest BCUT2D eigenvalue weighted by Gasteiger charge is 2.14. The molecule has 21 heavy (non-hydrogen) atoms. The summed E-state index contributed by atoms with van der Waals surface area (Å²) in [4.78, 5) is 12.3. The molecule has 1 heterocycles. The number of nitrogens with one attached hydrogen (secondary N) is 1. The number of fused-ring (bicyclic) bond motifs is 1. The molecule has 0 fully saturated rings. The van der Waals surface area contributed by atoms with Crippen molar-refractivity contribution >= 4 is 11.6 Å². The number of carbonyl (C=O) groups excluding carboxylic acids is 1. The zero-order chi connectivity index (χ0) is 14.7. The number of hydrogen-bond donors (Lipinski definition) is 1. The maximum absolute atomic E-state index is 12.3. The van der Waals surface area contributed by atoms with Crippen LogP contribution in [0.3, 0.4) is 0 Å². The molecule has 0 saturated carbocycles. The molecular weight excluding hydrogens is 266 g/mol. The lowest BCUT2D eigenvalue weighted by Crippen LogP contribution is -2.14. The Morgan fingerprint density at radius 1 is 1.24 bits per heavy atom. The number of hydrogen-bond acceptors (Lipinski definition) is 3. The molecule has 1 N–H and O–H groups in total. The lowest BCUT2D eigenvalue weighted by molar-refractivity contribution is 0.102. The van der Waals surface area contributed by atoms with E-state index in [1.807, 2.05) is 30.3 Å². The fourth-order valence-electron chi connectivity index (χ4n) is 2.47. The first kappa shape index (κ1) is 13.5. The fraction of sp³-hybridized carbons (Fsp3) is 0.235. The maximum Gasteiger partial charge on any atom is 0.259 e. The Kier molecular flexibility index (Phi) is 3.77. The quantitative estimate of drug-likeness (QED) is 0.940. The second kappa shape index (κ2) is 5.87.